The molecule has 0 spiro atoms. The van der Waals surface area contributed by atoms with E-state index in [9.17, 15) is 13.2 Å². The molecular weight excluding hydrogens is 376 g/mol. The molecule has 6 nitrogen and oxygen atoms in total. The smallest absolute Gasteiger partial charge is 0.338 e. The van der Waals surface area contributed by atoms with Crippen molar-refractivity contribution in [1.29, 1.82) is 0 Å². The lowest BCUT2D eigenvalue weighted by Gasteiger charge is -2.18. The second-order valence-electron chi connectivity index (χ2n) is 7.09. The lowest BCUT2D eigenvalue weighted by molar-refractivity contribution is 0.0377. The maximum atomic E-state index is 13.1. The highest BCUT2D eigenvalue weighted by molar-refractivity contribution is 7.92. The van der Waals surface area contributed by atoms with Gasteiger partial charge >= 0.3 is 5.97 Å². The van der Waals surface area contributed by atoms with Crippen LogP contribution in [0.5, 0.6) is 0 Å². The topological polar surface area (TPSA) is 84.5 Å². The summed E-state index contributed by atoms with van der Waals surface area (Å²) in [6.45, 7) is 9.38. The van der Waals surface area contributed by atoms with Crippen LogP contribution in [-0.2, 0) is 14.8 Å². The van der Waals surface area contributed by atoms with E-state index < -0.39 is 16.0 Å². The highest BCUT2D eigenvalue weighted by atomic mass is 32.2. The Kier molecular flexibility index (Phi) is 7.07. The third-order valence-electron chi connectivity index (χ3n) is 4.17. The number of anilines is 2. The van der Waals surface area contributed by atoms with Gasteiger partial charge in [-0.3, -0.25) is 4.72 Å². The largest absolute Gasteiger partial charge is 0.459 e. The fourth-order valence-corrected chi connectivity index (χ4v) is 3.73. The van der Waals surface area contributed by atoms with E-state index in [1.165, 1.54) is 6.07 Å². The number of sulfonamides is 1. The van der Waals surface area contributed by atoms with Gasteiger partial charge in [0.15, 0.2) is 0 Å². The van der Waals surface area contributed by atoms with Gasteiger partial charge in [-0.05, 0) is 64.4 Å². The van der Waals surface area contributed by atoms with Crippen molar-refractivity contribution in [1.82, 2.24) is 0 Å². The summed E-state index contributed by atoms with van der Waals surface area (Å²) in [6.07, 6.45) is 0.526. The minimum Gasteiger partial charge on any atom is -0.459 e. The van der Waals surface area contributed by atoms with E-state index in [2.05, 4.69) is 10.0 Å². The van der Waals surface area contributed by atoms with Gasteiger partial charge in [0.05, 0.1) is 17.4 Å². The van der Waals surface area contributed by atoms with Gasteiger partial charge in [-0.15, -0.1) is 0 Å². The van der Waals surface area contributed by atoms with Crippen molar-refractivity contribution in [2.45, 2.75) is 58.1 Å². The maximum absolute atomic E-state index is 13.1. The Labute approximate surface area is 167 Å². The summed E-state index contributed by atoms with van der Waals surface area (Å²) in [5.41, 5.74) is 2.11. The Hall–Kier alpha value is -2.54. The molecular formula is C21H28N2O4S. The van der Waals surface area contributed by atoms with E-state index in [1.807, 2.05) is 32.9 Å². The first kappa shape index (κ1) is 21.8. The van der Waals surface area contributed by atoms with E-state index in [0.29, 0.717) is 11.4 Å². The van der Waals surface area contributed by atoms with Crippen LogP contribution in [0.2, 0.25) is 0 Å². The first-order valence-electron chi connectivity index (χ1n) is 9.33. The SMILES string of the molecule is CC[C@@H](C)Nc1ccc(C(=O)OC(C)C)cc1S(=O)(=O)Nc1ccc(C)cc1. The first-order valence-corrected chi connectivity index (χ1v) is 10.8. The van der Waals surface area contributed by atoms with E-state index in [0.717, 1.165) is 12.0 Å². The van der Waals surface area contributed by atoms with Gasteiger partial charge in [-0.2, -0.15) is 0 Å². The molecule has 0 fully saturated rings. The number of carbonyl (C=O) groups excluding carboxylic acids is 1. The predicted octanol–water partition coefficient (Wildman–Crippen LogP) is 4.57. The van der Waals surface area contributed by atoms with Crippen LogP contribution in [0.3, 0.4) is 0 Å². The Morgan fingerprint density at radius 1 is 1.07 bits per heavy atom. The lowest BCUT2D eigenvalue weighted by atomic mass is 10.2. The minimum absolute atomic E-state index is 0.00609. The molecule has 2 rings (SSSR count). The third-order valence-corrected chi connectivity index (χ3v) is 5.59. The first-order chi connectivity index (χ1) is 13.1. The van der Waals surface area contributed by atoms with E-state index in [4.69, 9.17) is 4.74 Å². The second-order valence-corrected chi connectivity index (χ2v) is 8.74. The van der Waals surface area contributed by atoms with Crippen LogP contribution in [0.1, 0.15) is 50.0 Å². The molecule has 1 atom stereocenters. The Morgan fingerprint density at radius 2 is 1.71 bits per heavy atom. The molecule has 0 unspecified atom stereocenters. The fourth-order valence-electron chi connectivity index (χ4n) is 2.47. The number of ether oxygens (including phenoxy) is 1. The molecule has 0 saturated carbocycles. The predicted molar refractivity (Wildman–Crippen MR) is 112 cm³/mol. The van der Waals surface area contributed by atoms with Crippen LogP contribution >= 0.6 is 0 Å². The van der Waals surface area contributed by atoms with Crippen molar-refractivity contribution in [3.8, 4) is 0 Å². The highest BCUT2D eigenvalue weighted by Crippen LogP contribution is 2.27. The molecule has 0 bridgehead atoms. The lowest BCUT2D eigenvalue weighted by Crippen LogP contribution is -2.20. The summed E-state index contributed by atoms with van der Waals surface area (Å²) in [5, 5.41) is 3.20. The number of nitrogens with one attached hydrogen (secondary N) is 2. The Morgan fingerprint density at radius 3 is 2.29 bits per heavy atom. The van der Waals surface area contributed by atoms with E-state index >= 15 is 0 Å². The van der Waals surface area contributed by atoms with Crippen molar-refractivity contribution >= 4 is 27.4 Å². The summed E-state index contributed by atoms with van der Waals surface area (Å²) >= 11 is 0. The van der Waals surface area contributed by atoms with Crippen LogP contribution in [0.4, 0.5) is 11.4 Å². The molecule has 0 amide bonds. The van der Waals surface area contributed by atoms with Gasteiger partial charge in [0.25, 0.3) is 10.0 Å². The van der Waals surface area contributed by atoms with Gasteiger partial charge < -0.3 is 10.1 Å². The summed E-state index contributed by atoms with van der Waals surface area (Å²) in [7, 11) is -3.92. The third kappa shape index (κ3) is 5.73. The molecule has 0 aliphatic rings. The quantitative estimate of drug-likeness (QED) is 0.630. The molecule has 0 heterocycles. The number of hydrogen-bond donors (Lipinski definition) is 2. The molecule has 0 aliphatic heterocycles. The Bertz CT molecular complexity index is 922. The molecule has 2 aromatic rings. The number of rotatable bonds is 8. The summed E-state index contributed by atoms with van der Waals surface area (Å²) < 4.78 is 33.9. The van der Waals surface area contributed by atoms with Crippen LogP contribution in [0.25, 0.3) is 0 Å². The maximum Gasteiger partial charge on any atom is 0.338 e. The fraction of sp³-hybridized carbons (Fsp3) is 0.381. The molecule has 0 aliphatic carbocycles. The Balaban J connectivity index is 2.46. The molecule has 2 N–H and O–H groups in total. The van der Waals surface area contributed by atoms with Gasteiger partial charge in [0, 0.05) is 11.7 Å². The number of benzene rings is 2. The molecule has 2 aromatic carbocycles. The molecule has 28 heavy (non-hydrogen) atoms. The molecule has 152 valence electrons. The van der Waals surface area contributed by atoms with Crippen molar-refractivity contribution in [3.63, 3.8) is 0 Å². The summed E-state index contributed by atoms with van der Waals surface area (Å²) in [4.78, 5) is 12.3. The molecule has 0 radical (unpaired) electrons. The van der Waals surface area contributed by atoms with E-state index in [-0.39, 0.29) is 22.6 Å². The summed E-state index contributed by atoms with van der Waals surface area (Å²) in [5.74, 6) is -0.558. The minimum atomic E-state index is -3.92. The standard InChI is InChI=1S/C21H28N2O4S/c1-6-16(5)22-19-12-9-17(21(24)27-14(2)3)13-20(19)28(25,26)23-18-10-7-15(4)8-11-18/h7-14,16,22-23H,6H2,1-5H3/t16-/m1/s1. The van der Waals surface area contributed by atoms with Gasteiger partial charge in [0.2, 0.25) is 0 Å². The van der Waals surface area contributed by atoms with Gasteiger partial charge in [-0.1, -0.05) is 24.6 Å². The van der Waals surface area contributed by atoms with Crippen molar-refractivity contribution < 1.29 is 17.9 Å². The van der Waals surface area contributed by atoms with Crippen LogP contribution in [-0.4, -0.2) is 26.5 Å². The zero-order valence-electron chi connectivity index (χ0n) is 16.9. The number of esters is 1. The highest BCUT2D eigenvalue weighted by Gasteiger charge is 2.22. The second kappa shape index (κ2) is 9.10. The van der Waals surface area contributed by atoms with Crippen LogP contribution in [0.15, 0.2) is 47.4 Å². The van der Waals surface area contributed by atoms with Crippen molar-refractivity contribution in [3.05, 3.63) is 53.6 Å². The van der Waals surface area contributed by atoms with Crippen molar-refractivity contribution in [2.75, 3.05) is 10.0 Å². The zero-order chi connectivity index (χ0) is 20.9. The van der Waals surface area contributed by atoms with E-state index in [1.54, 1.807) is 38.1 Å². The summed E-state index contributed by atoms with van der Waals surface area (Å²) in [6, 6.07) is 11.6. The van der Waals surface area contributed by atoms with Gasteiger partial charge in [0.1, 0.15) is 4.90 Å². The average molecular weight is 405 g/mol. The number of carbonyl (C=O) groups is 1. The molecule has 0 saturated heterocycles. The average Bonchev–Trinajstić information content (AvgIpc) is 2.63. The monoisotopic (exact) mass is 404 g/mol. The number of hydrogen-bond acceptors (Lipinski definition) is 5. The number of aryl methyl sites for hydroxylation is 1. The normalized spacial score (nSPS) is 12.5. The zero-order valence-corrected chi connectivity index (χ0v) is 17.8. The van der Waals surface area contributed by atoms with Crippen LogP contribution in [0, 0.1) is 6.92 Å². The molecule has 7 heteroatoms. The van der Waals surface area contributed by atoms with Crippen molar-refractivity contribution in [2.24, 2.45) is 0 Å². The van der Waals surface area contributed by atoms with Crippen LogP contribution < -0.4 is 10.0 Å². The van der Waals surface area contributed by atoms with Gasteiger partial charge in [-0.25, -0.2) is 13.2 Å². The molecule has 0 aromatic heterocycles.